The van der Waals surface area contributed by atoms with E-state index < -0.39 is 0 Å². The topological polar surface area (TPSA) is 89.2 Å². The summed E-state index contributed by atoms with van der Waals surface area (Å²) in [4.78, 5) is 12.0. The largest absolute Gasteiger partial charge is 0.487 e. The molecule has 7 nitrogen and oxygen atoms in total. The molecule has 0 saturated heterocycles. The van der Waals surface area contributed by atoms with Crippen molar-refractivity contribution >= 4 is 5.78 Å². The first-order chi connectivity index (χ1) is 11.8. The molecule has 1 aromatic carbocycles. The van der Waals surface area contributed by atoms with Crippen LogP contribution in [0, 0.1) is 0 Å². The predicted octanol–water partition coefficient (Wildman–Crippen LogP) is 1.04. The highest BCUT2D eigenvalue weighted by Gasteiger charge is 2.12. The number of carbonyl (C=O) groups excluding carboxylic acids is 1. The van der Waals surface area contributed by atoms with Gasteiger partial charge >= 0.3 is 0 Å². The van der Waals surface area contributed by atoms with E-state index >= 15 is 0 Å². The molecule has 0 radical (unpaired) electrons. The van der Waals surface area contributed by atoms with Crippen LogP contribution in [-0.4, -0.2) is 65.2 Å². The van der Waals surface area contributed by atoms with Crippen LogP contribution in [0.5, 0.6) is 11.5 Å². The number of rotatable bonds is 3. The van der Waals surface area contributed by atoms with E-state index in [4.69, 9.17) is 29.4 Å². The number of hydrogen-bond donors (Lipinski definition) is 1. The third-order valence-corrected chi connectivity index (χ3v) is 3.35. The summed E-state index contributed by atoms with van der Waals surface area (Å²) in [7, 11) is 0. The second kappa shape index (κ2) is 11.0. The SMILES string of the molecule is NCCC(=O)c1ccc2c(c1)OCCOCCOCCOCCO2. The van der Waals surface area contributed by atoms with Gasteiger partial charge < -0.3 is 29.4 Å². The highest BCUT2D eigenvalue weighted by Crippen LogP contribution is 2.29. The van der Waals surface area contributed by atoms with Crippen molar-refractivity contribution in [3.63, 3.8) is 0 Å². The Bertz CT molecular complexity index is 508. The molecule has 0 atom stereocenters. The van der Waals surface area contributed by atoms with Crippen molar-refractivity contribution in [2.45, 2.75) is 6.42 Å². The van der Waals surface area contributed by atoms with E-state index in [1.807, 2.05) is 0 Å². The minimum Gasteiger partial charge on any atom is -0.487 e. The fourth-order valence-corrected chi connectivity index (χ4v) is 2.15. The molecule has 134 valence electrons. The zero-order valence-electron chi connectivity index (χ0n) is 13.8. The van der Waals surface area contributed by atoms with Crippen LogP contribution in [0.2, 0.25) is 0 Å². The van der Waals surface area contributed by atoms with Crippen LogP contribution in [0.3, 0.4) is 0 Å². The van der Waals surface area contributed by atoms with Crippen molar-refractivity contribution in [3.8, 4) is 11.5 Å². The lowest BCUT2D eigenvalue weighted by Crippen LogP contribution is -2.13. The first kappa shape index (κ1) is 18.7. The average molecular weight is 339 g/mol. The van der Waals surface area contributed by atoms with Crippen molar-refractivity contribution in [2.75, 3.05) is 59.4 Å². The maximum atomic E-state index is 12.0. The molecular weight excluding hydrogens is 314 g/mol. The molecule has 2 rings (SSSR count). The lowest BCUT2D eigenvalue weighted by molar-refractivity contribution is 0.00708. The molecule has 0 spiro atoms. The number of nitrogens with two attached hydrogens (primary N) is 1. The molecule has 0 saturated carbocycles. The number of carbonyl (C=O) groups is 1. The Kier molecular flexibility index (Phi) is 8.54. The number of ether oxygens (including phenoxy) is 5. The number of fused-ring (bicyclic) bond motifs is 1. The van der Waals surface area contributed by atoms with Gasteiger partial charge in [0.05, 0.1) is 39.6 Å². The van der Waals surface area contributed by atoms with Gasteiger partial charge in [0.15, 0.2) is 17.3 Å². The summed E-state index contributed by atoms with van der Waals surface area (Å²) < 4.78 is 27.6. The summed E-state index contributed by atoms with van der Waals surface area (Å²) in [5.74, 6) is 1.08. The van der Waals surface area contributed by atoms with E-state index in [1.165, 1.54) is 0 Å². The fraction of sp³-hybridized carbons (Fsp3) is 0.588. The van der Waals surface area contributed by atoms with Crippen LogP contribution in [-0.2, 0) is 14.2 Å². The van der Waals surface area contributed by atoms with Crippen LogP contribution in [0.4, 0.5) is 0 Å². The molecule has 1 aliphatic rings. The normalized spacial score (nSPS) is 17.5. The van der Waals surface area contributed by atoms with Gasteiger partial charge in [0.25, 0.3) is 0 Å². The molecule has 7 heteroatoms. The summed E-state index contributed by atoms with van der Waals surface area (Å²) >= 11 is 0. The highest BCUT2D eigenvalue weighted by atomic mass is 16.6. The van der Waals surface area contributed by atoms with Gasteiger partial charge in [-0.1, -0.05) is 0 Å². The third kappa shape index (κ3) is 6.45. The van der Waals surface area contributed by atoms with Gasteiger partial charge in [-0.25, -0.2) is 0 Å². The van der Waals surface area contributed by atoms with Gasteiger partial charge in [0, 0.05) is 12.0 Å². The van der Waals surface area contributed by atoms with Crippen molar-refractivity contribution in [2.24, 2.45) is 5.73 Å². The zero-order valence-corrected chi connectivity index (χ0v) is 13.8. The second-order valence-electron chi connectivity index (χ2n) is 5.16. The minimum absolute atomic E-state index is 0.0171. The summed E-state index contributed by atoms with van der Waals surface area (Å²) in [5.41, 5.74) is 6.00. The highest BCUT2D eigenvalue weighted by molar-refractivity contribution is 5.96. The van der Waals surface area contributed by atoms with E-state index in [2.05, 4.69) is 0 Å². The van der Waals surface area contributed by atoms with Gasteiger partial charge in [-0.2, -0.15) is 0 Å². The average Bonchev–Trinajstić information content (AvgIpc) is 2.60. The second-order valence-corrected chi connectivity index (χ2v) is 5.16. The lowest BCUT2D eigenvalue weighted by atomic mass is 10.1. The molecule has 0 amide bonds. The van der Waals surface area contributed by atoms with E-state index in [9.17, 15) is 4.79 Å². The van der Waals surface area contributed by atoms with E-state index in [0.29, 0.717) is 82.9 Å². The Labute approximate surface area is 142 Å². The van der Waals surface area contributed by atoms with Crippen molar-refractivity contribution in [1.82, 2.24) is 0 Å². The molecule has 0 fully saturated rings. The molecule has 0 aliphatic carbocycles. The fourth-order valence-electron chi connectivity index (χ4n) is 2.15. The summed E-state index contributed by atoms with van der Waals surface area (Å²) in [6.07, 6.45) is 0.302. The van der Waals surface area contributed by atoms with Gasteiger partial charge in [0.2, 0.25) is 0 Å². The predicted molar refractivity (Wildman–Crippen MR) is 87.9 cm³/mol. The summed E-state index contributed by atoms with van der Waals surface area (Å²) in [6, 6.07) is 5.15. The standard InChI is InChI=1S/C17H25NO6/c18-4-3-15(19)14-1-2-16-17(13-14)24-12-10-22-8-6-20-5-7-21-9-11-23-16/h1-2,13H,3-12,18H2. The quantitative estimate of drug-likeness (QED) is 0.823. The maximum Gasteiger partial charge on any atom is 0.164 e. The lowest BCUT2D eigenvalue weighted by Gasteiger charge is -2.14. The first-order valence-electron chi connectivity index (χ1n) is 8.17. The molecule has 24 heavy (non-hydrogen) atoms. The number of benzene rings is 1. The van der Waals surface area contributed by atoms with Crippen molar-refractivity contribution < 1.29 is 28.5 Å². The van der Waals surface area contributed by atoms with Crippen LogP contribution in [0.1, 0.15) is 16.8 Å². The van der Waals surface area contributed by atoms with Crippen LogP contribution in [0.25, 0.3) is 0 Å². The van der Waals surface area contributed by atoms with Gasteiger partial charge in [-0.3, -0.25) is 4.79 Å². The molecule has 1 aliphatic heterocycles. The maximum absolute atomic E-state index is 12.0. The minimum atomic E-state index is -0.0171. The molecule has 0 unspecified atom stereocenters. The number of Topliss-reactive ketones (excluding diaryl/α,β-unsaturated/α-hetero) is 1. The van der Waals surface area contributed by atoms with Crippen molar-refractivity contribution in [3.05, 3.63) is 23.8 Å². The summed E-state index contributed by atoms with van der Waals surface area (Å²) in [5, 5.41) is 0. The molecule has 0 aromatic heterocycles. The molecule has 2 N–H and O–H groups in total. The Balaban J connectivity index is 2.04. The monoisotopic (exact) mass is 339 g/mol. The molecule has 1 heterocycles. The van der Waals surface area contributed by atoms with E-state index in [-0.39, 0.29) is 5.78 Å². The summed E-state index contributed by atoms with van der Waals surface area (Å²) in [6.45, 7) is 4.02. The van der Waals surface area contributed by atoms with Gasteiger partial charge in [0.1, 0.15) is 13.2 Å². The van der Waals surface area contributed by atoms with E-state index in [1.54, 1.807) is 18.2 Å². The molecule has 0 bridgehead atoms. The Morgan fingerprint density at radius 1 is 0.833 bits per heavy atom. The van der Waals surface area contributed by atoms with Gasteiger partial charge in [-0.05, 0) is 24.7 Å². The van der Waals surface area contributed by atoms with Crippen LogP contribution >= 0.6 is 0 Å². The Hall–Kier alpha value is -1.67. The Morgan fingerprint density at radius 3 is 1.96 bits per heavy atom. The van der Waals surface area contributed by atoms with Crippen LogP contribution in [0.15, 0.2) is 18.2 Å². The van der Waals surface area contributed by atoms with Crippen LogP contribution < -0.4 is 15.2 Å². The molecule has 1 aromatic rings. The van der Waals surface area contributed by atoms with E-state index in [0.717, 1.165) is 0 Å². The van der Waals surface area contributed by atoms with Gasteiger partial charge in [-0.15, -0.1) is 0 Å². The number of hydrogen-bond acceptors (Lipinski definition) is 7. The third-order valence-electron chi connectivity index (χ3n) is 3.35. The first-order valence-corrected chi connectivity index (χ1v) is 8.17. The Morgan fingerprint density at radius 2 is 1.38 bits per heavy atom. The smallest absolute Gasteiger partial charge is 0.164 e. The molecular formula is C17H25NO6. The zero-order chi connectivity index (χ0) is 17.0. The van der Waals surface area contributed by atoms with Crippen molar-refractivity contribution in [1.29, 1.82) is 0 Å². The number of ketones is 1.